The van der Waals surface area contributed by atoms with Gasteiger partial charge in [0, 0.05) is 17.1 Å². The van der Waals surface area contributed by atoms with Crippen LogP contribution < -0.4 is 10.4 Å². The average molecular weight is 444 g/mol. The summed E-state index contributed by atoms with van der Waals surface area (Å²) >= 11 is 0. The molecule has 0 fully saturated rings. The monoisotopic (exact) mass is 443 g/mol. The zero-order chi connectivity index (χ0) is 23.3. The number of aryl methyl sites for hydroxylation is 2. The fourth-order valence-electron chi connectivity index (χ4n) is 4.37. The van der Waals surface area contributed by atoms with Crippen LogP contribution in [0.1, 0.15) is 44.0 Å². The van der Waals surface area contributed by atoms with Crippen LogP contribution in [0.2, 0.25) is 0 Å². The molecule has 0 aliphatic carbocycles. The van der Waals surface area contributed by atoms with E-state index in [0.717, 1.165) is 38.9 Å². The van der Waals surface area contributed by atoms with Crippen LogP contribution in [0.25, 0.3) is 33.1 Å². The number of nitrogens with one attached hydrogen (secondary N) is 1. The minimum absolute atomic E-state index is 0.0466. The van der Waals surface area contributed by atoms with Crippen LogP contribution in [-0.4, -0.2) is 30.8 Å². The van der Waals surface area contributed by atoms with E-state index in [0.29, 0.717) is 17.0 Å². The predicted molar refractivity (Wildman–Crippen MR) is 127 cm³/mol. The molecule has 0 amide bonds. The van der Waals surface area contributed by atoms with Crippen molar-refractivity contribution in [2.75, 3.05) is 0 Å². The topological polar surface area (TPSA) is 98.8 Å². The number of fused-ring (bicyclic) bond motifs is 3. The molecule has 1 N–H and O–H groups in total. The fraction of sp³-hybridized carbons (Fsp3) is 0.280. The van der Waals surface area contributed by atoms with Gasteiger partial charge in [0.05, 0.1) is 51.8 Å². The van der Waals surface area contributed by atoms with E-state index in [9.17, 15) is 4.79 Å². The van der Waals surface area contributed by atoms with Crippen molar-refractivity contribution < 1.29 is 9.26 Å². The Morgan fingerprint density at radius 2 is 1.94 bits per heavy atom. The van der Waals surface area contributed by atoms with Gasteiger partial charge in [0.1, 0.15) is 11.5 Å². The maximum Gasteiger partial charge on any atom is 0.327 e. The molecule has 0 bridgehead atoms. The van der Waals surface area contributed by atoms with E-state index < -0.39 is 0 Å². The van der Waals surface area contributed by atoms with Gasteiger partial charge in [-0.05, 0) is 58.9 Å². The third kappa shape index (κ3) is 3.47. The van der Waals surface area contributed by atoms with Crippen molar-refractivity contribution in [2.45, 2.75) is 46.8 Å². The summed E-state index contributed by atoms with van der Waals surface area (Å²) in [7, 11) is 0. The van der Waals surface area contributed by atoms with Gasteiger partial charge >= 0.3 is 5.69 Å². The van der Waals surface area contributed by atoms with Gasteiger partial charge in [-0.2, -0.15) is 0 Å². The van der Waals surface area contributed by atoms with Crippen molar-refractivity contribution in [2.24, 2.45) is 0 Å². The number of hydrogen-bond acceptors (Lipinski definition) is 6. The summed E-state index contributed by atoms with van der Waals surface area (Å²) in [5.41, 5.74) is 5.30. The van der Waals surface area contributed by atoms with Gasteiger partial charge in [0.2, 0.25) is 0 Å². The van der Waals surface area contributed by atoms with E-state index in [1.54, 1.807) is 17.0 Å². The normalized spacial score (nSPS) is 12.7. The van der Waals surface area contributed by atoms with Gasteiger partial charge in [0.25, 0.3) is 0 Å². The van der Waals surface area contributed by atoms with Gasteiger partial charge in [-0.1, -0.05) is 11.2 Å². The first-order valence-electron chi connectivity index (χ1n) is 10.9. The lowest BCUT2D eigenvalue weighted by Gasteiger charge is -2.17. The molecule has 8 nitrogen and oxygen atoms in total. The molecule has 4 heterocycles. The van der Waals surface area contributed by atoms with Crippen LogP contribution in [0.15, 0.2) is 52.0 Å². The third-order valence-corrected chi connectivity index (χ3v) is 5.81. The number of benzene rings is 1. The summed E-state index contributed by atoms with van der Waals surface area (Å²) in [6, 6.07) is 9.37. The van der Waals surface area contributed by atoms with Crippen LogP contribution in [0.4, 0.5) is 0 Å². The molecule has 8 heteroatoms. The Labute approximate surface area is 190 Å². The first-order chi connectivity index (χ1) is 15.8. The number of hydrogen-bond donors (Lipinski definition) is 1. The molecule has 0 aliphatic rings. The maximum absolute atomic E-state index is 13.0. The Morgan fingerprint density at radius 3 is 2.61 bits per heavy atom. The highest BCUT2D eigenvalue weighted by molar-refractivity contribution is 6.04. The highest BCUT2D eigenvalue weighted by Crippen LogP contribution is 2.39. The average Bonchev–Trinajstić information content (AvgIpc) is 3.31. The molecule has 1 aromatic carbocycles. The molecule has 0 saturated heterocycles. The SMILES string of the molecule is Cc1noc(C)c1-c1cc2ncc3[nH]c(=O)n([C@H](C)c4ccccn4)c3c2cc1OC(C)C. The molecule has 0 unspecified atom stereocenters. The molecule has 0 radical (unpaired) electrons. The number of nitrogens with zero attached hydrogens (tertiary/aromatic N) is 4. The Hall–Kier alpha value is -3.94. The van der Waals surface area contributed by atoms with E-state index in [-0.39, 0.29) is 17.8 Å². The molecule has 168 valence electrons. The van der Waals surface area contributed by atoms with E-state index in [2.05, 4.69) is 20.1 Å². The zero-order valence-electron chi connectivity index (χ0n) is 19.2. The Morgan fingerprint density at radius 1 is 1.12 bits per heavy atom. The van der Waals surface area contributed by atoms with E-state index in [1.807, 2.05) is 65.0 Å². The summed E-state index contributed by atoms with van der Waals surface area (Å²) in [4.78, 5) is 25.0. The van der Waals surface area contributed by atoms with Crippen LogP contribution in [0.5, 0.6) is 5.75 Å². The molecule has 0 aliphatic heterocycles. The summed E-state index contributed by atoms with van der Waals surface area (Å²) in [6.45, 7) is 9.72. The molecule has 4 aromatic heterocycles. The highest BCUT2D eigenvalue weighted by Gasteiger charge is 2.22. The standard InChI is InChI=1S/C25H25N5O3/c1-13(2)32-22-11-17-20(10-18(22)23-14(3)29-33-16(23)5)27-12-21-24(17)30(25(31)28-21)15(4)19-8-6-7-9-26-19/h6-13,15H,1-5H3,(H,28,31)/t15-/m1/s1. The van der Waals surface area contributed by atoms with Crippen LogP contribution in [-0.2, 0) is 0 Å². The largest absolute Gasteiger partial charge is 0.490 e. The number of imidazole rings is 1. The Balaban J connectivity index is 1.82. The second-order valence-corrected chi connectivity index (χ2v) is 8.48. The lowest BCUT2D eigenvalue weighted by atomic mass is 10.00. The quantitative estimate of drug-likeness (QED) is 0.413. The smallest absolute Gasteiger partial charge is 0.327 e. The number of ether oxygens (including phenoxy) is 1. The summed E-state index contributed by atoms with van der Waals surface area (Å²) in [5.74, 6) is 1.40. The van der Waals surface area contributed by atoms with Gasteiger partial charge in [-0.25, -0.2) is 4.79 Å². The van der Waals surface area contributed by atoms with Crippen LogP contribution in [0.3, 0.4) is 0 Å². The first kappa shape index (κ1) is 20.9. The van der Waals surface area contributed by atoms with Gasteiger partial charge < -0.3 is 14.2 Å². The molecule has 5 rings (SSSR count). The number of H-pyrrole nitrogens is 1. The minimum atomic E-state index is -0.269. The minimum Gasteiger partial charge on any atom is -0.490 e. The van der Waals surface area contributed by atoms with Crippen LogP contribution >= 0.6 is 0 Å². The summed E-state index contributed by atoms with van der Waals surface area (Å²) < 4.78 is 13.4. The van der Waals surface area contributed by atoms with Gasteiger partial charge in [-0.15, -0.1) is 0 Å². The van der Waals surface area contributed by atoms with E-state index in [1.165, 1.54) is 0 Å². The number of rotatable bonds is 5. The molecular weight excluding hydrogens is 418 g/mol. The molecular formula is C25H25N5O3. The van der Waals surface area contributed by atoms with Crippen LogP contribution in [0, 0.1) is 13.8 Å². The third-order valence-electron chi connectivity index (χ3n) is 5.81. The van der Waals surface area contributed by atoms with E-state index in [4.69, 9.17) is 9.26 Å². The fourth-order valence-corrected chi connectivity index (χ4v) is 4.37. The van der Waals surface area contributed by atoms with Gasteiger partial charge in [-0.3, -0.25) is 14.5 Å². The second kappa shape index (κ2) is 7.88. The zero-order valence-corrected chi connectivity index (χ0v) is 19.2. The molecule has 0 saturated carbocycles. The molecule has 1 atom stereocenters. The summed E-state index contributed by atoms with van der Waals surface area (Å²) in [5, 5.41) is 4.93. The second-order valence-electron chi connectivity index (χ2n) is 8.48. The summed E-state index contributed by atoms with van der Waals surface area (Å²) in [6.07, 6.45) is 3.38. The van der Waals surface area contributed by atoms with Gasteiger partial charge in [0.15, 0.2) is 0 Å². The lowest BCUT2D eigenvalue weighted by molar-refractivity contribution is 0.244. The molecule has 0 spiro atoms. The number of aromatic nitrogens is 5. The maximum atomic E-state index is 13.0. The molecule has 5 aromatic rings. The lowest BCUT2D eigenvalue weighted by Crippen LogP contribution is -2.21. The van der Waals surface area contributed by atoms with Crippen molar-refractivity contribution >= 4 is 21.9 Å². The Bertz CT molecular complexity index is 1510. The molecule has 33 heavy (non-hydrogen) atoms. The number of pyridine rings is 2. The van der Waals surface area contributed by atoms with Crippen molar-refractivity contribution in [3.05, 3.63) is 70.4 Å². The van der Waals surface area contributed by atoms with E-state index >= 15 is 0 Å². The van der Waals surface area contributed by atoms with Crippen molar-refractivity contribution in [1.29, 1.82) is 0 Å². The number of aromatic amines is 1. The first-order valence-corrected chi connectivity index (χ1v) is 10.9. The highest BCUT2D eigenvalue weighted by atomic mass is 16.5. The Kier molecular flexibility index (Phi) is 5.00. The van der Waals surface area contributed by atoms with Crippen molar-refractivity contribution in [3.8, 4) is 16.9 Å². The van der Waals surface area contributed by atoms with Crippen molar-refractivity contribution in [1.82, 2.24) is 24.7 Å². The predicted octanol–water partition coefficient (Wildman–Crippen LogP) is 4.94. The van der Waals surface area contributed by atoms with Crippen molar-refractivity contribution in [3.63, 3.8) is 0 Å².